The van der Waals surface area contributed by atoms with E-state index in [9.17, 15) is 29.4 Å². The van der Waals surface area contributed by atoms with Gasteiger partial charge in [-0.1, -0.05) is 24.3 Å². The van der Waals surface area contributed by atoms with Crippen LogP contribution in [0.1, 0.15) is 41.6 Å². The first kappa shape index (κ1) is 20.2. The summed E-state index contributed by atoms with van der Waals surface area (Å²) in [7, 11) is 0. The third-order valence-corrected chi connectivity index (χ3v) is 4.30. The van der Waals surface area contributed by atoms with Gasteiger partial charge >= 0.3 is 23.9 Å². The van der Waals surface area contributed by atoms with Crippen LogP contribution in [0.2, 0.25) is 0 Å². The van der Waals surface area contributed by atoms with Gasteiger partial charge in [0.25, 0.3) is 0 Å². The van der Waals surface area contributed by atoms with E-state index in [1.807, 2.05) is 0 Å². The Balaban J connectivity index is 2.28. The van der Waals surface area contributed by atoms with Gasteiger partial charge in [-0.25, -0.2) is 24.2 Å². The number of pyridine rings is 1. The molecule has 3 rings (SSSR count). The van der Waals surface area contributed by atoms with Crippen LogP contribution in [0.5, 0.6) is 0 Å². The molecule has 3 aromatic rings. The van der Waals surface area contributed by atoms with Gasteiger partial charge in [0.1, 0.15) is 0 Å². The molecule has 0 aliphatic rings. The molecule has 0 saturated carbocycles. The molecule has 0 bridgehead atoms. The minimum absolute atomic E-state index is 0.00623. The zero-order valence-electron chi connectivity index (χ0n) is 15.1. The number of aromatic nitrogens is 1. The fourth-order valence-electron chi connectivity index (χ4n) is 2.84. The lowest BCUT2D eigenvalue weighted by molar-refractivity contribution is 0.0646. The van der Waals surface area contributed by atoms with Crippen LogP contribution in [-0.2, 0) is 0 Å². The van der Waals surface area contributed by atoms with Gasteiger partial charge in [-0.05, 0) is 35.9 Å². The number of benzene rings is 2. The molecule has 9 heteroatoms. The number of carboxylic acids is 4. The molecule has 1 heterocycles. The second kappa shape index (κ2) is 7.84. The largest absolute Gasteiger partial charge is 0.478 e. The van der Waals surface area contributed by atoms with Crippen LogP contribution in [0.25, 0.3) is 22.4 Å². The second-order valence-corrected chi connectivity index (χ2v) is 6.16. The van der Waals surface area contributed by atoms with Crippen molar-refractivity contribution in [1.82, 2.24) is 4.98 Å². The van der Waals surface area contributed by atoms with Crippen molar-refractivity contribution in [3.05, 3.63) is 77.0 Å². The number of aromatic carboxylic acids is 4. The number of carbonyl (C=O) groups is 4. The molecule has 0 aliphatic heterocycles. The highest BCUT2D eigenvalue weighted by Gasteiger charge is 2.23. The number of hydrogen-bond donors (Lipinski definition) is 4. The van der Waals surface area contributed by atoms with Gasteiger partial charge < -0.3 is 20.4 Å². The molecule has 0 unspecified atom stereocenters. The summed E-state index contributed by atoms with van der Waals surface area (Å²) < 4.78 is 0. The Kier molecular flexibility index (Phi) is 5.28. The quantitative estimate of drug-likeness (QED) is 0.480. The fraction of sp³-hybridized carbons (Fsp3) is 0. The predicted octanol–water partition coefficient (Wildman–Crippen LogP) is 3.21. The Hall–Kier alpha value is -4.53. The molecule has 4 N–H and O–H groups in total. The number of carboxylic acid groups (broad SMARTS) is 4. The first-order valence-electron chi connectivity index (χ1n) is 8.38. The van der Waals surface area contributed by atoms with Crippen molar-refractivity contribution >= 4 is 23.9 Å². The van der Waals surface area contributed by atoms with E-state index in [0.717, 1.165) is 6.07 Å². The molecule has 0 aliphatic carbocycles. The summed E-state index contributed by atoms with van der Waals surface area (Å²) in [5.74, 6) is -5.32. The molecule has 150 valence electrons. The third-order valence-electron chi connectivity index (χ3n) is 4.30. The minimum atomic E-state index is -1.54. The molecule has 0 radical (unpaired) electrons. The molecule has 0 amide bonds. The molecule has 0 saturated heterocycles. The average Bonchev–Trinajstić information content (AvgIpc) is 2.72. The van der Waals surface area contributed by atoms with Gasteiger partial charge in [-0.15, -0.1) is 0 Å². The van der Waals surface area contributed by atoms with Crippen molar-refractivity contribution in [2.75, 3.05) is 0 Å². The predicted molar refractivity (Wildman–Crippen MR) is 103 cm³/mol. The monoisotopic (exact) mass is 407 g/mol. The van der Waals surface area contributed by atoms with Gasteiger partial charge in [0.15, 0.2) is 5.69 Å². The first-order chi connectivity index (χ1) is 14.2. The summed E-state index contributed by atoms with van der Waals surface area (Å²) >= 11 is 0. The Morgan fingerprint density at radius 2 is 1.07 bits per heavy atom. The van der Waals surface area contributed by atoms with Crippen molar-refractivity contribution in [2.45, 2.75) is 0 Å². The zero-order valence-corrected chi connectivity index (χ0v) is 15.1. The number of nitrogens with zero attached hydrogens (tertiary/aromatic N) is 1. The molecule has 0 spiro atoms. The fourth-order valence-corrected chi connectivity index (χ4v) is 2.84. The topological polar surface area (TPSA) is 162 Å². The maximum absolute atomic E-state index is 11.6. The highest BCUT2D eigenvalue weighted by atomic mass is 16.4. The molecular formula is C21H13NO8. The van der Waals surface area contributed by atoms with E-state index in [1.54, 1.807) is 0 Å². The Bertz CT molecular complexity index is 1090. The standard InChI is InChI=1S/C21H13NO8/c23-18(24)12-5-1-10(2-6-12)14-9-15(20(27)28)17(21(29)30)22-16(14)11-3-7-13(8-4-11)19(25)26/h1-9H,(H,23,24)(H,25,26)(H,27,28)(H,29,30). The third kappa shape index (κ3) is 3.85. The van der Waals surface area contributed by atoms with Crippen LogP contribution in [0.15, 0.2) is 54.6 Å². The smallest absolute Gasteiger partial charge is 0.355 e. The van der Waals surface area contributed by atoms with E-state index < -0.39 is 35.1 Å². The highest BCUT2D eigenvalue weighted by molar-refractivity contribution is 6.03. The minimum Gasteiger partial charge on any atom is -0.478 e. The first-order valence-corrected chi connectivity index (χ1v) is 8.38. The highest BCUT2D eigenvalue weighted by Crippen LogP contribution is 2.33. The normalized spacial score (nSPS) is 10.4. The van der Waals surface area contributed by atoms with E-state index in [2.05, 4.69) is 4.98 Å². The maximum atomic E-state index is 11.6. The van der Waals surface area contributed by atoms with Crippen molar-refractivity contribution in [2.24, 2.45) is 0 Å². The van der Waals surface area contributed by atoms with Crippen LogP contribution in [-0.4, -0.2) is 49.3 Å². The van der Waals surface area contributed by atoms with E-state index in [4.69, 9.17) is 10.2 Å². The molecule has 30 heavy (non-hydrogen) atoms. The number of rotatable bonds is 6. The SMILES string of the molecule is O=C(O)c1ccc(-c2cc(C(=O)O)c(C(=O)O)nc2-c2ccc(C(=O)O)cc2)cc1. The van der Waals surface area contributed by atoms with Crippen LogP contribution in [0, 0.1) is 0 Å². The second-order valence-electron chi connectivity index (χ2n) is 6.16. The van der Waals surface area contributed by atoms with Crippen molar-refractivity contribution in [1.29, 1.82) is 0 Å². The van der Waals surface area contributed by atoms with Gasteiger partial charge in [-0.2, -0.15) is 0 Å². The van der Waals surface area contributed by atoms with E-state index in [-0.39, 0.29) is 22.4 Å². The van der Waals surface area contributed by atoms with Crippen LogP contribution < -0.4 is 0 Å². The summed E-state index contributed by atoms with van der Waals surface area (Å²) in [6.45, 7) is 0. The Morgan fingerprint density at radius 3 is 1.47 bits per heavy atom. The van der Waals surface area contributed by atoms with E-state index >= 15 is 0 Å². The molecule has 2 aromatic carbocycles. The van der Waals surface area contributed by atoms with Gasteiger partial charge in [0.2, 0.25) is 0 Å². The summed E-state index contributed by atoms with van der Waals surface area (Å²) in [4.78, 5) is 49.3. The van der Waals surface area contributed by atoms with E-state index in [0.29, 0.717) is 11.1 Å². The lowest BCUT2D eigenvalue weighted by Crippen LogP contribution is -2.12. The van der Waals surface area contributed by atoms with Crippen molar-refractivity contribution in [3.63, 3.8) is 0 Å². The summed E-state index contributed by atoms with van der Waals surface area (Å²) in [6.07, 6.45) is 0. The molecule has 0 fully saturated rings. The zero-order chi connectivity index (χ0) is 22.0. The van der Waals surface area contributed by atoms with Gasteiger partial charge in [0, 0.05) is 11.1 Å². The maximum Gasteiger partial charge on any atom is 0.355 e. The lowest BCUT2D eigenvalue weighted by Gasteiger charge is -2.13. The summed E-state index contributed by atoms with van der Waals surface area (Å²) in [5.41, 5.74) is -0.0707. The van der Waals surface area contributed by atoms with Gasteiger partial charge in [-0.3, -0.25) is 0 Å². The van der Waals surface area contributed by atoms with Crippen LogP contribution in [0.3, 0.4) is 0 Å². The van der Waals surface area contributed by atoms with Crippen molar-refractivity contribution in [3.8, 4) is 22.4 Å². The molecule has 1 aromatic heterocycles. The molecule has 0 atom stereocenters. The van der Waals surface area contributed by atoms with Crippen molar-refractivity contribution < 1.29 is 39.6 Å². The summed E-state index contributed by atoms with van der Waals surface area (Å²) in [6, 6.07) is 12.1. The Morgan fingerprint density at radius 1 is 0.600 bits per heavy atom. The van der Waals surface area contributed by atoms with Crippen LogP contribution >= 0.6 is 0 Å². The summed E-state index contributed by atoms with van der Waals surface area (Å²) in [5, 5.41) is 36.9. The molecular weight excluding hydrogens is 394 g/mol. The van der Waals surface area contributed by atoms with Gasteiger partial charge in [0.05, 0.1) is 22.4 Å². The van der Waals surface area contributed by atoms with E-state index in [1.165, 1.54) is 48.5 Å². The Labute approximate surface area is 168 Å². The average molecular weight is 407 g/mol. The lowest BCUT2D eigenvalue weighted by atomic mass is 9.95. The van der Waals surface area contributed by atoms with Crippen LogP contribution in [0.4, 0.5) is 0 Å². The molecule has 9 nitrogen and oxygen atoms in total. The number of hydrogen-bond acceptors (Lipinski definition) is 5.